The number of nitriles is 1. The Labute approximate surface area is 220 Å². The Morgan fingerprint density at radius 3 is 2.68 bits per heavy atom. The number of hydrogen-bond donors (Lipinski definition) is 2. The van der Waals surface area contributed by atoms with Crippen LogP contribution < -0.4 is 16.2 Å². The van der Waals surface area contributed by atoms with E-state index in [0.29, 0.717) is 17.0 Å². The van der Waals surface area contributed by atoms with Crippen molar-refractivity contribution < 1.29 is 4.39 Å². The number of benzene rings is 1. The molecule has 4 aromatic rings. The number of hydrogen-bond acceptors (Lipinski definition) is 7. The SMILES string of the molecule is CC(C)n1c(=O)c2cnc(Nc3ccc4c(c3)CNCC4(C)C)nc2n1-c1ccc(F)c(C(C)(C)C#N)n1. The van der Waals surface area contributed by atoms with Crippen molar-refractivity contribution in [1.82, 2.24) is 29.6 Å². The highest BCUT2D eigenvalue weighted by molar-refractivity contribution is 5.77. The Morgan fingerprint density at radius 2 is 1.97 bits per heavy atom. The van der Waals surface area contributed by atoms with Crippen LogP contribution in [0, 0.1) is 17.1 Å². The Bertz CT molecular complexity index is 1660. The molecule has 3 aromatic heterocycles. The third kappa shape index (κ3) is 4.23. The molecule has 0 spiro atoms. The van der Waals surface area contributed by atoms with E-state index < -0.39 is 11.2 Å². The summed E-state index contributed by atoms with van der Waals surface area (Å²) in [5, 5.41) is 16.6. The van der Waals surface area contributed by atoms with Crippen LogP contribution in [0.5, 0.6) is 0 Å². The molecule has 0 saturated carbocycles. The molecular formula is C28H31FN8O. The summed E-state index contributed by atoms with van der Waals surface area (Å²) in [5.41, 5.74) is 2.27. The molecule has 9 nitrogen and oxygen atoms in total. The van der Waals surface area contributed by atoms with Gasteiger partial charge in [-0.25, -0.2) is 23.7 Å². The lowest BCUT2D eigenvalue weighted by Gasteiger charge is -2.33. The van der Waals surface area contributed by atoms with E-state index in [1.807, 2.05) is 19.9 Å². The third-order valence-corrected chi connectivity index (χ3v) is 7.01. The normalized spacial score (nSPS) is 14.9. The van der Waals surface area contributed by atoms with Gasteiger partial charge in [-0.3, -0.25) is 4.79 Å². The number of rotatable bonds is 5. The van der Waals surface area contributed by atoms with Gasteiger partial charge in [0.15, 0.2) is 11.5 Å². The van der Waals surface area contributed by atoms with Crippen molar-refractivity contribution in [3.8, 4) is 11.9 Å². The molecule has 1 aliphatic rings. The second kappa shape index (κ2) is 9.03. The number of nitrogens with one attached hydrogen (secondary N) is 2. The second-order valence-corrected chi connectivity index (χ2v) is 11.2. The molecule has 4 heterocycles. The molecule has 1 aliphatic heterocycles. The standard InChI is InChI=1S/C28H31FN8O/c1-16(2)36-25(38)19-13-32-26(33-18-7-8-20-17(11-18)12-31-15-28(20,5)6)35-24(19)37(36)22-10-9-21(29)23(34-22)27(3,4)14-30/h7-11,13,16,31H,12,15H2,1-6H3,(H,32,33,35). The zero-order valence-corrected chi connectivity index (χ0v) is 22.4. The van der Waals surface area contributed by atoms with Gasteiger partial charge in [-0.05, 0) is 63.1 Å². The van der Waals surface area contributed by atoms with Crippen LogP contribution in [-0.2, 0) is 17.4 Å². The van der Waals surface area contributed by atoms with Gasteiger partial charge < -0.3 is 10.6 Å². The maximum atomic E-state index is 14.7. The fourth-order valence-corrected chi connectivity index (χ4v) is 5.00. The van der Waals surface area contributed by atoms with Crippen LogP contribution in [-0.4, -0.2) is 30.9 Å². The molecule has 0 saturated heterocycles. The number of nitrogens with zero attached hydrogens (tertiary/aromatic N) is 6. The van der Waals surface area contributed by atoms with Gasteiger partial charge in [0.05, 0.1) is 17.2 Å². The Hall–Kier alpha value is -4.10. The lowest BCUT2D eigenvalue weighted by atomic mass is 9.79. The van der Waals surface area contributed by atoms with Gasteiger partial charge in [0, 0.05) is 36.4 Å². The van der Waals surface area contributed by atoms with Crippen molar-refractivity contribution in [3.05, 3.63) is 69.5 Å². The first-order valence-corrected chi connectivity index (χ1v) is 12.6. The summed E-state index contributed by atoms with van der Waals surface area (Å²) in [6, 6.07) is 10.8. The van der Waals surface area contributed by atoms with Crippen molar-refractivity contribution in [1.29, 1.82) is 5.26 Å². The average Bonchev–Trinajstić information content (AvgIpc) is 3.15. The molecule has 0 amide bonds. The Morgan fingerprint density at radius 1 is 1.21 bits per heavy atom. The smallest absolute Gasteiger partial charge is 0.278 e. The minimum absolute atomic E-state index is 0.0000950. The molecule has 0 aliphatic carbocycles. The highest BCUT2D eigenvalue weighted by Gasteiger charge is 2.29. The maximum absolute atomic E-state index is 14.7. The summed E-state index contributed by atoms with van der Waals surface area (Å²) >= 11 is 0. The Kier molecular flexibility index (Phi) is 6.07. The van der Waals surface area contributed by atoms with Crippen LogP contribution in [0.2, 0.25) is 0 Å². The summed E-state index contributed by atoms with van der Waals surface area (Å²) in [5.74, 6) is 0.0179. The van der Waals surface area contributed by atoms with Crippen molar-refractivity contribution in [2.24, 2.45) is 0 Å². The van der Waals surface area contributed by atoms with E-state index in [2.05, 4.69) is 52.7 Å². The molecule has 5 rings (SSSR count). The molecule has 0 bridgehead atoms. The van der Waals surface area contributed by atoms with Crippen LogP contribution in [0.1, 0.15) is 64.4 Å². The van der Waals surface area contributed by atoms with Crippen molar-refractivity contribution >= 4 is 22.7 Å². The highest BCUT2D eigenvalue weighted by Crippen LogP contribution is 2.32. The van der Waals surface area contributed by atoms with Crippen LogP contribution in [0.3, 0.4) is 0 Å². The first kappa shape index (κ1) is 25.5. The van der Waals surface area contributed by atoms with E-state index in [1.165, 1.54) is 34.1 Å². The minimum Gasteiger partial charge on any atom is -0.324 e. The predicted octanol–water partition coefficient (Wildman–Crippen LogP) is 4.62. The second-order valence-electron chi connectivity index (χ2n) is 11.2. The van der Waals surface area contributed by atoms with Gasteiger partial charge in [0.25, 0.3) is 5.56 Å². The molecule has 2 N–H and O–H groups in total. The van der Waals surface area contributed by atoms with Crippen LogP contribution >= 0.6 is 0 Å². The quantitative estimate of drug-likeness (QED) is 0.399. The van der Waals surface area contributed by atoms with Gasteiger partial charge in [-0.2, -0.15) is 10.2 Å². The maximum Gasteiger partial charge on any atom is 0.278 e. The molecule has 38 heavy (non-hydrogen) atoms. The van der Waals surface area contributed by atoms with E-state index in [1.54, 1.807) is 18.5 Å². The Balaban J connectivity index is 1.64. The van der Waals surface area contributed by atoms with Crippen LogP contribution in [0.15, 0.2) is 41.3 Å². The largest absolute Gasteiger partial charge is 0.324 e. The van der Waals surface area contributed by atoms with Crippen molar-refractivity contribution in [2.45, 2.75) is 65.0 Å². The van der Waals surface area contributed by atoms with Crippen LogP contribution in [0.25, 0.3) is 16.9 Å². The highest BCUT2D eigenvalue weighted by atomic mass is 19.1. The topological polar surface area (TPSA) is 113 Å². The molecule has 10 heteroatoms. The number of fused-ring (bicyclic) bond motifs is 2. The molecule has 196 valence electrons. The van der Waals surface area contributed by atoms with Crippen molar-refractivity contribution in [3.63, 3.8) is 0 Å². The van der Waals surface area contributed by atoms with Gasteiger partial charge in [-0.15, -0.1) is 0 Å². The summed E-state index contributed by atoms with van der Waals surface area (Å²) in [6.07, 6.45) is 1.50. The van der Waals surface area contributed by atoms with Gasteiger partial charge in [-0.1, -0.05) is 19.9 Å². The fourth-order valence-electron chi connectivity index (χ4n) is 5.00. The molecule has 1 aromatic carbocycles. The van der Waals surface area contributed by atoms with Gasteiger partial charge >= 0.3 is 0 Å². The lowest BCUT2D eigenvalue weighted by molar-refractivity contribution is 0.435. The number of anilines is 2. The first-order valence-electron chi connectivity index (χ1n) is 12.6. The minimum atomic E-state index is -1.16. The van der Waals surface area contributed by atoms with E-state index in [4.69, 9.17) is 4.98 Å². The summed E-state index contributed by atoms with van der Waals surface area (Å²) in [4.78, 5) is 26.9. The summed E-state index contributed by atoms with van der Waals surface area (Å²) < 4.78 is 17.8. The zero-order chi connectivity index (χ0) is 27.4. The third-order valence-electron chi connectivity index (χ3n) is 7.01. The fraction of sp³-hybridized carbons (Fsp3) is 0.393. The summed E-state index contributed by atoms with van der Waals surface area (Å²) in [7, 11) is 0. The molecule has 0 atom stereocenters. The summed E-state index contributed by atoms with van der Waals surface area (Å²) in [6.45, 7) is 13.1. The van der Waals surface area contributed by atoms with E-state index in [9.17, 15) is 14.4 Å². The van der Waals surface area contributed by atoms with Gasteiger partial charge in [0.1, 0.15) is 11.2 Å². The molecule has 0 unspecified atom stereocenters. The van der Waals surface area contributed by atoms with E-state index in [0.717, 1.165) is 18.8 Å². The van der Waals surface area contributed by atoms with E-state index in [-0.39, 0.29) is 28.5 Å². The first-order chi connectivity index (χ1) is 17.9. The predicted molar refractivity (Wildman–Crippen MR) is 144 cm³/mol. The lowest BCUT2D eigenvalue weighted by Crippen LogP contribution is -2.38. The number of halogens is 1. The number of aromatic nitrogens is 5. The zero-order valence-electron chi connectivity index (χ0n) is 22.4. The van der Waals surface area contributed by atoms with Gasteiger partial charge in [0.2, 0.25) is 5.95 Å². The number of pyridine rings is 1. The van der Waals surface area contributed by atoms with E-state index >= 15 is 0 Å². The van der Waals surface area contributed by atoms with Crippen LogP contribution in [0.4, 0.5) is 16.0 Å². The molecule has 0 radical (unpaired) electrons. The molecule has 0 fully saturated rings. The monoisotopic (exact) mass is 514 g/mol. The average molecular weight is 515 g/mol. The molecular weight excluding hydrogens is 483 g/mol. The van der Waals surface area contributed by atoms with Crippen molar-refractivity contribution in [2.75, 3.05) is 11.9 Å².